The van der Waals surface area contributed by atoms with Gasteiger partial charge in [0.15, 0.2) is 5.96 Å². The molecule has 0 amide bonds. The number of rotatable bonds is 4. The van der Waals surface area contributed by atoms with Gasteiger partial charge in [-0.2, -0.15) is 0 Å². The number of halogens is 1. The first-order chi connectivity index (χ1) is 11.8. The topological polar surface area (TPSA) is 46.1 Å². The molecule has 6 heteroatoms. The van der Waals surface area contributed by atoms with Crippen molar-refractivity contribution in [2.45, 2.75) is 45.4 Å². The van der Waals surface area contributed by atoms with Crippen molar-refractivity contribution in [3.05, 3.63) is 35.4 Å². The van der Waals surface area contributed by atoms with Gasteiger partial charge in [0.1, 0.15) is 6.10 Å². The first-order valence-corrected chi connectivity index (χ1v) is 9.08. The van der Waals surface area contributed by atoms with Gasteiger partial charge in [-0.15, -0.1) is 24.0 Å². The fourth-order valence-electron chi connectivity index (χ4n) is 3.39. The van der Waals surface area contributed by atoms with Gasteiger partial charge in [-0.25, -0.2) is 4.99 Å². The molecule has 0 spiro atoms. The van der Waals surface area contributed by atoms with Gasteiger partial charge in [-0.3, -0.25) is 0 Å². The average molecular weight is 459 g/mol. The normalized spacial score (nSPS) is 24.1. The molecule has 0 aliphatic carbocycles. The van der Waals surface area contributed by atoms with Crippen molar-refractivity contribution in [1.29, 1.82) is 0 Å². The largest absolute Gasteiger partial charge is 0.375 e. The highest BCUT2D eigenvalue weighted by Crippen LogP contribution is 2.21. The molecule has 2 heterocycles. The summed E-state index contributed by atoms with van der Waals surface area (Å²) in [4.78, 5) is 7.16. The van der Waals surface area contributed by atoms with Crippen molar-refractivity contribution in [1.82, 2.24) is 10.2 Å². The SMILES string of the molecule is CCNC(=NCc1cccc(C)c1)N1CCOC(C2CCCO2)C1.I. The lowest BCUT2D eigenvalue weighted by molar-refractivity contribution is -0.0817. The molecule has 2 fully saturated rings. The zero-order chi connectivity index (χ0) is 16.8. The standard InChI is InChI=1S/C19H29N3O2.HI/c1-3-20-19(21-13-16-7-4-6-15(2)12-16)22-9-11-24-18(14-22)17-8-5-10-23-17;/h4,6-7,12,17-18H,3,5,8-11,13-14H2,1-2H3,(H,20,21);1H. The first kappa shape index (κ1) is 20.5. The van der Waals surface area contributed by atoms with Gasteiger partial charge in [0.25, 0.3) is 0 Å². The number of morpholine rings is 1. The zero-order valence-corrected chi connectivity index (χ0v) is 17.6. The summed E-state index contributed by atoms with van der Waals surface area (Å²) < 4.78 is 11.8. The molecule has 1 aromatic carbocycles. The lowest BCUT2D eigenvalue weighted by Crippen LogP contribution is -2.53. The second-order valence-corrected chi connectivity index (χ2v) is 6.57. The van der Waals surface area contributed by atoms with E-state index in [1.807, 2.05) is 0 Å². The van der Waals surface area contributed by atoms with E-state index in [1.54, 1.807) is 0 Å². The molecule has 2 saturated heterocycles. The van der Waals surface area contributed by atoms with Crippen LogP contribution in [0.2, 0.25) is 0 Å². The molecular formula is C19H30IN3O2. The quantitative estimate of drug-likeness (QED) is 0.428. The van der Waals surface area contributed by atoms with E-state index in [1.165, 1.54) is 11.1 Å². The Morgan fingerprint density at radius 1 is 1.28 bits per heavy atom. The van der Waals surface area contributed by atoms with Crippen LogP contribution < -0.4 is 5.32 Å². The Kier molecular flexibility index (Phi) is 8.45. The van der Waals surface area contributed by atoms with Gasteiger partial charge in [0.2, 0.25) is 0 Å². The summed E-state index contributed by atoms with van der Waals surface area (Å²) in [6.45, 7) is 9.13. The number of nitrogens with zero attached hydrogens (tertiary/aromatic N) is 2. The molecule has 0 radical (unpaired) electrons. The molecule has 25 heavy (non-hydrogen) atoms. The third-order valence-electron chi connectivity index (χ3n) is 4.60. The molecule has 1 aromatic rings. The van der Waals surface area contributed by atoms with Gasteiger partial charge in [0.05, 0.1) is 19.3 Å². The van der Waals surface area contributed by atoms with Crippen molar-refractivity contribution in [3.8, 4) is 0 Å². The third-order valence-corrected chi connectivity index (χ3v) is 4.60. The zero-order valence-electron chi connectivity index (χ0n) is 15.2. The fourth-order valence-corrected chi connectivity index (χ4v) is 3.39. The van der Waals surface area contributed by atoms with E-state index in [-0.39, 0.29) is 36.2 Å². The highest BCUT2D eigenvalue weighted by atomic mass is 127. The Morgan fingerprint density at radius 2 is 2.12 bits per heavy atom. The molecule has 5 nitrogen and oxygen atoms in total. The van der Waals surface area contributed by atoms with E-state index < -0.39 is 0 Å². The highest BCUT2D eigenvalue weighted by Gasteiger charge is 2.32. The Balaban J connectivity index is 0.00000225. The van der Waals surface area contributed by atoms with Gasteiger partial charge < -0.3 is 19.7 Å². The van der Waals surface area contributed by atoms with E-state index in [9.17, 15) is 0 Å². The predicted molar refractivity (Wildman–Crippen MR) is 112 cm³/mol. The van der Waals surface area contributed by atoms with Gasteiger partial charge in [0, 0.05) is 26.2 Å². The van der Waals surface area contributed by atoms with Crippen molar-refractivity contribution in [3.63, 3.8) is 0 Å². The minimum absolute atomic E-state index is 0. The van der Waals surface area contributed by atoms with Crippen LogP contribution in [0.1, 0.15) is 30.9 Å². The molecule has 1 N–H and O–H groups in total. The number of nitrogens with one attached hydrogen (secondary N) is 1. The van der Waals surface area contributed by atoms with E-state index in [0.717, 1.165) is 51.6 Å². The van der Waals surface area contributed by atoms with Gasteiger partial charge >= 0.3 is 0 Å². The minimum Gasteiger partial charge on any atom is -0.375 e. The van der Waals surface area contributed by atoms with Crippen molar-refractivity contribution in [2.75, 3.05) is 32.8 Å². The summed E-state index contributed by atoms with van der Waals surface area (Å²) in [5.74, 6) is 0.977. The van der Waals surface area contributed by atoms with Crippen LogP contribution in [0.15, 0.2) is 29.3 Å². The van der Waals surface area contributed by atoms with E-state index in [0.29, 0.717) is 6.54 Å². The number of ether oxygens (including phenoxy) is 2. The molecule has 2 unspecified atom stereocenters. The van der Waals surface area contributed by atoms with E-state index in [4.69, 9.17) is 14.5 Å². The number of aliphatic imine (C=N–C) groups is 1. The summed E-state index contributed by atoms with van der Waals surface area (Å²) in [6.07, 6.45) is 2.65. The third kappa shape index (κ3) is 5.82. The Bertz CT molecular complexity index is 561. The lowest BCUT2D eigenvalue weighted by Gasteiger charge is -2.37. The molecule has 2 aliphatic heterocycles. The molecular weight excluding hydrogens is 429 g/mol. The number of benzene rings is 1. The van der Waals surface area contributed by atoms with Gasteiger partial charge in [-0.05, 0) is 32.3 Å². The smallest absolute Gasteiger partial charge is 0.194 e. The summed E-state index contributed by atoms with van der Waals surface area (Å²) >= 11 is 0. The van der Waals surface area contributed by atoms with Gasteiger partial charge in [-0.1, -0.05) is 29.8 Å². The molecule has 3 rings (SSSR count). The van der Waals surface area contributed by atoms with Crippen molar-refractivity contribution in [2.24, 2.45) is 4.99 Å². The van der Waals surface area contributed by atoms with Crippen LogP contribution in [0.25, 0.3) is 0 Å². The first-order valence-electron chi connectivity index (χ1n) is 9.08. The van der Waals surface area contributed by atoms with Crippen LogP contribution in [-0.4, -0.2) is 55.9 Å². The van der Waals surface area contributed by atoms with Crippen LogP contribution in [0.5, 0.6) is 0 Å². The average Bonchev–Trinajstić information content (AvgIpc) is 3.13. The van der Waals surface area contributed by atoms with Crippen LogP contribution in [0, 0.1) is 6.92 Å². The maximum atomic E-state index is 5.95. The maximum Gasteiger partial charge on any atom is 0.194 e. The molecule has 0 saturated carbocycles. The van der Waals surface area contributed by atoms with Crippen LogP contribution in [-0.2, 0) is 16.0 Å². The highest BCUT2D eigenvalue weighted by molar-refractivity contribution is 14.0. The Morgan fingerprint density at radius 3 is 2.84 bits per heavy atom. The number of hydrogen-bond donors (Lipinski definition) is 1. The number of aryl methyl sites for hydroxylation is 1. The summed E-state index contributed by atoms with van der Waals surface area (Å²) in [5, 5.41) is 3.43. The monoisotopic (exact) mass is 459 g/mol. The van der Waals surface area contributed by atoms with E-state index >= 15 is 0 Å². The Labute approximate surface area is 168 Å². The van der Waals surface area contributed by atoms with Crippen LogP contribution in [0.3, 0.4) is 0 Å². The molecule has 2 atom stereocenters. The van der Waals surface area contributed by atoms with Crippen LogP contribution >= 0.6 is 24.0 Å². The summed E-state index contributed by atoms with van der Waals surface area (Å²) in [6, 6.07) is 8.54. The maximum absolute atomic E-state index is 5.95. The number of hydrogen-bond acceptors (Lipinski definition) is 3. The Hall–Kier alpha value is -0.860. The molecule has 0 aromatic heterocycles. The number of guanidine groups is 1. The van der Waals surface area contributed by atoms with Crippen molar-refractivity contribution >= 4 is 29.9 Å². The van der Waals surface area contributed by atoms with Crippen LogP contribution in [0.4, 0.5) is 0 Å². The summed E-state index contributed by atoms with van der Waals surface area (Å²) in [7, 11) is 0. The molecule has 2 aliphatic rings. The lowest BCUT2D eigenvalue weighted by atomic mass is 10.1. The summed E-state index contributed by atoms with van der Waals surface area (Å²) in [5.41, 5.74) is 2.52. The molecule has 140 valence electrons. The fraction of sp³-hybridized carbons (Fsp3) is 0.632. The second kappa shape index (κ2) is 10.3. The predicted octanol–water partition coefficient (Wildman–Crippen LogP) is 2.96. The minimum atomic E-state index is 0. The molecule has 0 bridgehead atoms. The van der Waals surface area contributed by atoms with E-state index in [2.05, 4.69) is 48.3 Å². The second-order valence-electron chi connectivity index (χ2n) is 6.57. The van der Waals surface area contributed by atoms with Crippen molar-refractivity contribution < 1.29 is 9.47 Å².